The van der Waals surface area contributed by atoms with E-state index in [1.54, 1.807) is 7.11 Å². The zero-order chi connectivity index (χ0) is 19.8. The third-order valence-electron chi connectivity index (χ3n) is 6.40. The van der Waals surface area contributed by atoms with E-state index in [0.717, 1.165) is 59.3 Å². The number of rotatable bonds is 2. The van der Waals surface area contributed by atoms with Crippen molar-refractivity contribution in [3.05, 3.63) is 53.6 Å². The molecule has 1 aromatic heterocycles. The van der Waals surface area contributed by atoms with Gasteiger partial charge in [-0.1, -0.05) is 18.6 Å². The van der Waals surface area contributed by atoms with Crippen molar-refractivity contribution in [1.29, 1.82) is 0 Å². The highest BCUT2D eigenvalue weighted by Crippen LogP contribution is 2.44. The Hall–Kier alpha value is -2.95. The number of fused-ring (bicyclic) bond motifs is 2. The highest BCUT2D eigenvalue weighted by molar-refractivity contribution is 5.94. The van der Waals surface area contributed by atoms with E-state index >= 15 is 0 Å². The summed E-state index contributed by atoms with van der Waals surface area (Å²) in [5.41, 5.74) is 4.50. The molecular weight excluding hydrogens is 364 g/mol. The summed E-state index contributed by atoms with van der Waals surface area (Å²) in [5.74, 6) is 7.34. The van der Waals surface area contributed by atoms with Crippen LogP contribution in [0.5, 0.6) is 11.5 Å². The van der Waals surface area contributed by atoms with Crippen LogP contribution in [0.1, 0.15) is 44.1 Å². The van der Waals surface area contributed by atoms with Gasteiger partial charge in [-0.15, -0.1) is 5.10 Å². The molecule has 150 valence electrons. The van der Waals surface area contributed by atoms with Crippen molar-refractivity contribution in [2.75, 3.05) is 7.11 Å². The minimum absolute atomic E-state index is 0.00753. The van der Waals surface area contributed by atoms with Crippen molar-refractivity contribution in [1.82, 2.24) is 0 Å². The standard InChI is InChI=1S/C24H26N2O3/c1-27-18-7-5-16(6-8-18)19-14-23(26-25)28-22-15-21-17(13-20(19)22)9-12-24(29-21)10-3-2-4-11-24/h5-8,13-15H,2-4,9-12,25H2,1H3/b26-23+. The van der Waals surface area contributed by atoms with Crippen LogP contribution in [0.2, 0.25) is 0 Å². The first kappa shape index (κ1) is 18.1. The maximum atomic E-state index is 6.58. The lowest BCUT2D eigenvalue weighted by molar-refractivity contribution is 0.0109. The molecule has 2 aliphatic rings. The van der Waals surface area contributed by atoms with E-state index in [1.807, 2.05) is 36.4 Å². The van der Waals surface area contributed by atoms with Gasteiger partial charge in [0.05, 0.1) is 7.11 Å². The first-order valence-corrected chi connectivity index (χ1v) is 10.4. The van der Waals surface area contributed by atoms with Gasteiger partial charge >= 0.3 is 0 Å². The lowest BCUT2D eigenvalue weighted by atomic mass is 9.79. The summed E-state index contributed by atoms with van der Waals surface area (Å²) in [5, 5.41) is 4.85. The molecule has 5 nitrogen and oxygen atoms in total. The predicted molar refractivity (Wildman–Crippen MR) is 113 cm³/mol. The molecule has 0 amide bonds. The Balaban J connectivity index is 1.64. The van der Waals surface area contributed by atoms with E-state index in [2.05, 4.69) is 11.2 Å². The summed E-state index contributed by atoms with van der Waals surface area (Å²) in [6.45, 7) is 0. The highest BCUT2D eigenvalue weighted by Gasteiger charge is 2.37. The molecule has 5 rings (SSSR count). The number of hydrogen-bond acceptors (Lipinski definition) is 5. The largest absolute Gasteiger partial charge is 0.497 e. The molecule has 1 fully saturated rings. The molecule has 2 heterocycles. The zero-order valence-corrected chi connectivity index (χ0v) is 16.7. The minimum Gasteiger partial charge on any atom is -0.497 e. The average Bonchev–Trinajstić information content (AvgIpc) is 2.77. The van der Waals surface area contributed by atoms with Gasteiger partial charge in [0, 0.05) is 17.5 Å². The van der Waals surface area contributed by atoms with E-state index in [9.17, 15) is 0 Å². The van der Waals surface area contributed by atoms with Gasteiger partial charge < -0.3 is 19.7 Å². The SMILES string of the molecule is COc1ccc(-c2c/c(=N\N)oc3cc4c(cc23)CCC2(CCCCC2)O4)cc1. The molecule has 0 atom stereocenters. The van der Waals surface area contributed by atoms with E-state index in [-0.39, 0.29) is 5.60 Å². The van der Waals surface area contributed by atoms with E-state index in [4.69, 9.17) is 19.7 Å². The average molecular weight is 390 g/mol. The molecule has 5 heteroatoms. The van der Waals surface area contributed by atoms with Crippen LogP contribution in [0.4, 0.5) is 0 Å². The van der Waals surface area contributed by atoms with Crippen molar-refractivity contribution in [3.8, 4) is 22.6 Å². The number of nitrogens with zero attached hydrogens (tertiary/aromatic N) is 1. The second-order valence-electron chi connectivity index (χ2n) is 8.16. The lowest BCUT2D eigenvalue weighted by Gasteiger charge is -2.41. The minimum atomic E-state index is 0.00753. The van der Waals surface area contributed by atoms with Gasteiger partial charge in [0.2, 0.25) is 5.55 Å². The maximum absolute atomic E-state index is 6.58. The van der Waals surface area contributed by atoms with Crippen LogP contribution >= 0.6 is 0 Å². The van der Waals surface area contributed by atoms with Gasteiger partial charge in [-0.05, 0) is 73.4 Å². The molecule has 1 aliphatic heterocycles. The molecule has 29 heavy (non-hydrogen) atoms. The van der Waals surface area contributed by atoms with Gasteiger partial charge in [0.25, 0.3) is 0 Å². The first-order chi connectivity index (χ1) is 14.2. The van der Waals surface area contributed by atoms with Crippen LogP contribution in [0.25, 0.3) is 22.1 Å². The van der Waals surface area contributed by atoms with Crippen molar-refractivity contribution < 1.29 is 13.9 Å². The van der Waals surface area contributed by atoms with Gasteiger partial charge in [-0.3, -0.25) is 0 Å². The molecule has 2 aromatic carbocycles. The van der Waals surface area contributed by atoms with Crippen LogP contribution in [-0.4, -0.2) is 12.7 Å². The highest BCUT2D eigenvalue weighted by atomic mass is 16.5. The maximum Gasteiger partial charge on any atom is 0.236 e. The summed E-state index contributed by atoms with van der Waals surface area (Å²) < 4.78 is 17.8. The number of methoxy groups -OCH3 is 1. The van der Waals surface area contributed by atoms with Crippen molar-refractivity contribution in [2.45, 2.75) is 50.5 Å². The van der Waals surface area contributed by atoms with Crippen LogP contribution in [0.15, 0.2) is 52.0 Å². The Labute approximate surface area is 170 Å². The number of nitrogens with two attached hydrogens (primary N) is 1. The normalized spacial score (nSPS) is 18.4. The number of aryl methyl sites for hydroxylation is 1. The van der Waals surface area contributed by atoms with Gasteiger partial charge in [0.1, 0.15) is 22.7 Å². The van der Waals surface area contributed by atoms with Crippen molar-refractivity contribution in [2.24, 2.45) is 10.9 Å². The third-order valence-corrected chi connectivity index (χ3v) is 6.40. The molecule has 2 N–H and O–H groups in total. The second kappa shape index (κ2) is 7.14. The topological polar surface area (TPSA) is 70.0 Å². The summed E-state index contributed by atoms with van der Waals surface area (Å²) in [4.78, 5) is 0. The molecule has 1 aliphatic carbocycles. The number of benzene rings is 2. The van der Waals surface area contributed by atoms with E-state index in [0.29, 0.717) is 5.55 Å². The quantitative estimate of drug-likeness (QED) is 0.498. The predicted octanol–water partition coefficient (Wildman–Crippen LogP) is 4.91. The zero-order valence-electron chi connectivity index (χ0n) is 16.7. The molecule has 0 bridgehead atoms. The molecule has 0 saturated heterocycles. The smallest absolute Gasteiger partial charge is 0.236 e. The van der Waals surface area contributed by atoms with Crippen molar-refractivity contribution >= 4 is 11.0 Å². The Morgan fingerprint density at radius 1 is 1.00 bits per heavy atom. The number of hydrogen-bond donors (Lipinski definition) is 1. The fourth-order valence-electron chi connectivity index (χ4n) is 4.80. The summed E-state index contributed by atoms with van der Waals surface area (Å²) in [7, 11) is 1.67. The Morgan fingerprint density at radius 3 is 2.52 bits per heavy atom. The van der Waals surface area contributed by atoms with Crippen molar-refractivity contribution in [3.63, 3.8) is 0 Å². The molecule has 0 radical (unpaired) electrons. The summed E-state index contributed by atoms with van der Waals surface area (Å²) >= 11 is 0. The Bertz CT molecular complexity index is 1110. The van der Waals surface area contributed by atoms with Crippen LogP contribution in [0, 0.1) is 0 Å². The molecule has 0 unspecified atom stereocenters. The number of ether oxygens (including phenoxy) is 2. The molecule has 1 spiro atoms. The fourth-order valence-corrected chi connectivity index (χ4v) is 4.80. The molecular formula is C24H26N2O3. The fraction of sp³-hybridized carbons (Fsp3) is 0.375. The van der Waals surface area contributed by atoms with Gasteiger partial charge in [-0.25, -0.2) is 0 Å². The third kappa shape index (κ3) is 3.24. The van der Waals surface area contributed by atoms with Gasteiger partial charge in [0.15, 0.2) is 0 Å². The van der Waals surface area contributed by atoms with E-state index in [1.165, 1.54) is 24.8 Å². The van der Waals surface area contributed by atoms with Crippen LogP contribution < -0.4 is 20.9 Å². The van der Waals surface area contributed by atoms with Crippen LogP contribution in [-0.2, 0) is 6.42 Å². The molecule has 3 aromatic rings. The second-order valence-corrected chi connectivity index (χ2v) is 8.16. The first-order valence-electron chi connectivity index (χ1n) is 10.4. The summed E-state index contributed by atoms with van der Waals surface area (Å²) in [6, 6.07) is 14.1. The van der Waals surface area contributed by atoms with Gasteiger partial charge in [-0.2, -0.15) is 0 Å². The Morgan fingerprint density at radius 2 is 1.79 bits per heavy atom. The van der Waals surface area contributed by atoms with Crippen LogP contribution in [0.3, 0.4) is 0 Å². The monoisotopic (exact) mass is 390 g/mol. The Kier molecular flexibility index (Phi) is 4.46. The summed E-state index contributed by atoms with van der Waals surface area (Å²) in [6.07, 6.45) is 8.26. The molecule has 1 saturated carbocycles. The lowest BCUT2D eigenvalue weighted by Crippen LogP contribution is -2.41. The van der Waals surface area contributed by atoms with E-state index < -0.39 is 0 Å².